The largest absolute Gasteiger partial charge is 0.349 e. The Balaban J connectivity index is 1.61. The fourth-order valence-electron chi connectivity index (χ4n) is 2.86. The van der Waals surface area contributed by atoms with E-state index in [9.17, 15) is 4.79 Å². The van der Waals surface area contributed by atoms with Gasteiger partial charge in [0.15, 0.2) is 0 Å². The number of carbonyl (C=O) groups is 1. The Kier molecular flexibility index (Phi) is 4.69. The van der Waals surface area contributed by atoms with Gasteiger partial charge >= 0.3 is 0 Å². The van der Waals surface area contributed by atoms with Crippen LogP contribution in [0.2, 0.25) is 0 Å². The summed E-state index contributed by atoms with van der Waals surface area (Å²) in [5.74, 6) is 0.142. The Hall–Kier alpha value is -1.80. The van der Waals surface area contributed by atoms with Gasteiger partial charge in [-0.25, -0.2) is 0 Å². The molecular weight excluding hydrogens is 324 g/mol. The van der Waals surface area contributed by atoms with E-state index in [0.717, 1.165) is 22.1 Å². The average molecular weight is 348 g/mol. The Labute approximate surface area is 145 Å². The first kappa shape index (κ1) is 17.0. The van der Waals surface area contributed by atoms with Crippen molar-refractivity contribution in [2.75, 3.05) is 13.1 Å². The summed E-state index contributed by atoms with van der Waals surface area (Å²) in [4.78, 5) is 12.6. The van der Waals surface area contributed by atoms with Gasteiger partial charge in [0.1, 0.15) is 10.0 Å². The van der Waals surface area contributed by atoms with E-state index in [4.69, 9.17) is 0 Å². The van der Waals surface area contributed by atoms with Gasteiger partial charge in [0.25, 0.3) is 0 Å². The van der Waals surface area contributed by atoms with Crippen LogP contribution in [0, 0.1) is 5.92 Å². The van der Waals surface area contributed by atoms with Crippen LogP contribution in [0.25, 0.3) is 0 Å². The van der Waals surface area contributed by atoms with Crippen molar-refractivity contribution in [3.8, 4) is 0 Å². The lowest BCUT2D eigenvalue weighted by atomic mass is 9.90. The van der Waals surface area contributed by atoms with Crippen LogP contribution in [-0.2, 0) is 23.8 Å². The second-order valence-electron chi connectivity index (χ2n) is 7.29. The minimum atomic E-state index is -0.0794. The van der Waals surface area contributed by atoms with E-state index < -0.39 is 0 Å². The van der Waals surface area contributed by atoms with Crippen molar-refractivity contribution >= 4 is 17.2 Å². The van der Waals surface area contributed by atoms with E-state index in [-0.39, 0.29) is 23.2 Å². The molecule has 0 bridgehead atoms. The van der Waals surface area contributed by atoms with Gasteiger partial charge in [-0.05, 0) is 5.56 Å². The monoisotopic (exact) mass is 348 g/mol. The Morgan fingerprint density at radius 2 is 2.21 bits per heavy atom. The zero-order valence-electron chi connectivity index (χ0n) is 14.5. The molecule has 0 saturated carbocycles. The minimum Gasteiger partial charge on any atom is -0.349 e. The van der Waals surface area contributed by atoms with Gasteiger partial charge in [0.2, 0.25) is 5.91 Å². The molecule has 8 heteroatoms. The molecule has 1 aliphatic heterocycles. The van der Waals surface area contributed by atoms with E-state index in [1.54, 1.807) is 16.0 Å². The molecule has 130 valence electrons. The minimum absolute atomic E-state index is 0.0132. The quantitative estimate of drug-likeness (QED) is 0.867. The van der Waals surface area contributed by atoms with Crippen LogP contribution >= 0.6 is 11.3 Å². The van der Waals surface area contributed by atoms with E-state index in [1.807, 2.05) is 19.4 Å². The van der Waals surface area contributed by atoms with Gasteiger partial charge in [0, 0.05) is 37.7 Å². The summed E-state index contributed by atoms with van der Waals surface area (Å²) in [6, 6.07) is 0. The molecule has 2 N–H and O–H groups in total. The number of hydrogen-bond acceptors (Lipinski definition) is 6. The molecule has 2 atom stereocenters. The maximum absolute atomic E-state index is 12.6. The van der Waals surface area contributed by atoms with Gasteiger partial charge in [-0.2, -0.15) is 5.10 Å². The molecule has 0 aromatic carbocycles. The molecule has 2 aromatic rings. The molecule has 3 heterocycles. The van der Waals surface area contributed by atoms with Crippen molar-refractivity contribution in [1.29, 1.82) is 0 Å². The number of aromatic nitrogens is 4. The highest BCUT2D eigenvalue weighted by atomic mass is 32.1. The first-order valence-corrected chi connectivity index (χ1v) is 8.96. The molecule has 1 saturated heterocycles. The summed E-state index contributed by atoms with van der Waals surface area (Å²) in [7, 11) is 1.89. The van der Waals surface area contributed by atoms with Gasteiger partial charge in [-0.3, -0.25) is 9.48 Å². The Morgan fingerprint density at radius 1 is 1.42 bits per heavy atom. The van der Waals surface area contributed by atoms with Crippen molar-refractivity contribution < 1.29 is 4.79 Å². The summed E-state index contributed by atoms with van der Waals surface area (Å²) in [6.07, 6.45) is 3.83. The number of carbonyl (C=O) groups excluding carboxylic acids is 1. The Bertz CT molecular complexity index is 716. The predicted molar refractivity (Wildman–Crippen MR) is 92.8 cm³/mol. The van der Waals surface area contributed by atoms with Gasteiger partial charge in [0.05, 0.1) is 18.7 Å². The number of rotatable bonds is 4. The maximum Gasteiger partial charge on any atom is 0.225 e. The summed E-state index contributed by atoms with van der Waals surface area (Å²) in [5.41, 5.74) is 1.09. The number of aryl methyl sites for hydroxylation is 1. The lowest BCUT2D eigenvalue weighted by Crippen LogP contribution is -2.33. The molecule has 0 spiro atoms. The molecule has 1 aliphatic rings. The van der Waals surface area contributed by atoms with E-state index in [0.29, 0.717) is 13.1 Å². The normalized spacial score (nSPS) is 21.2. The summed E-state index contributed by atoms with van der Waals surface area (Å²) >= 11 is 1.56. The fraction of sp³-hybridized carbons (Fsp3) is 0.625. The van der Waals surface area contributed by atoms with Crippen LogP contribution in [0.1, 0.15) is 42.3 Å². The first-order chi connectivity index (χ1) is 11.3. The zero-order valence-corrected chi connectivity index (χ0v) is 15.4. The third kappa shape index (κ3) is 3.64. The van der Waals surface area contributed by atoms with Crippen molar-refractivity contribution in [3.63, 3.8) is 0 Å². The molecule has 0 radical (unpaired) electrons. The van der Waals surface area contributed by atoms with E-state index in [1.165, 1.54) is 0 Å². The van der Waals surface area contributed by atoms with Crippen molar-refractivity contribution in [1.82, 2.24) is 30.6 Å². The second-order valence-corrected chi connectivity index (χ2v) is 8.35. The SMILES string of the molecule is Cn1cc([C@H]2CNC[C@@H]2C(=O)NCc2nnc(C(C)(C)C)s2)cn1. The van der Waals surface area contributed by atoms with Crippen LogP contribution < -0.4 is 10.6 Å². The molecule has 0 aliphatic carbocycles. The molecule has 3 rings (SSSR count). The third-order valence-electron chi connectivity index (χ3n) is 4.23. The van der Waals surface area contributed by atoms with E-state index >= 15 is 0 Å². The number of nitrogens with zero attached hydrogens (tertiary/aromatic N) is 4. The molecule has 1 amide bonds. The van der Waals surface area contributed by atoms with Crippen molar-refractivity contribution in [3.05, 3.63) is 28.0 Å². The van der Waals surface area contributed by atoms with E-state index in [2.05, 4.69) is 46.7 Å². The van der Waals surface area contributed by atoms with Gasteiger partial charge < -0.3 is 10.6 Å². The van der Waals surface area contributed by atoms with Crippen LogP contribution in [0.3, 0.4) is 0 Å². The molecule has 2 aromatic heterocycles. The molecule has 1 fully saturated rings. The summed E-state index contributed by atoms with van der Waals surface area (Å²) in [6.45, 7) is 8.25. The van der Waals surface area contributed by atoms with Crippen molar-refractivity contribution in [2.24, 2.45) is 13.0 Å². The highest BCUT2D eigenvalue weighted by Crippen LogP contribution is 2.28. The zero-order chi connectivity index (χ0) is 17.3. The third-order valence-corrected chi connectivity index (χ3v) is 5.58. The highest BCUT2D eigenvalue weighted by Gasteiger charge is 2.34. The van der Waals surface area contributed by atoms with Crippen LogP contribution in [0.15, 0.2) is 12.4 Å². The number of hydrogen-bond donors (Lipinski definition) is 2. The summed E-state index contributed by atoms with van der Waals surface area (Å²) < 4.78 is 1.78. The second kappa shape index (κ2) is 6.60. The van der Waals surface area contributed by atoms with Gasteiger partial charge in [-0.15, -0.1) is 10.2 Å². The lowest BCUT2D eigenvalue weighted by molar-refractivity contribution is -0.125. The predicted octanol–water partition coefficient (Wildman–Crippen LogP) is 1.19. The number of amides is 1. The smallest absolute Gasteiger partial charge is 0.225 e. The standard InChI is InChI=1S/C16H24N6OS/c1-16(2,3)15-21-20-13(24-15)8-18-14(23)12-7-17-6-11(12)10-5-19-22(4)9-10/h5,9,11-12,17H,6-8H2,1-4H3,(H,18,23)/t11-,12+/m1/s1. The molecule has 7 nitrogen and oxygen atoms in total. The molecular formula is C16H24N6OS. The van der Waals surface area contributed by atoms with Crippen LogP contribution in [-0.4, -0.2) is 39.0 Å². The topological polar surface area (TPSA) is 84.7 Å². The highest BCUT2D eigenvalue weighted by molar-refractivity contribution is 7.11. The van der Waals surface area contributed by atoms with Crippen LogP contribution in [0.4, 0.5) is 0 Å². The van der Waals surface area contributed by atoms with Crippen LogP contribution in [0.5, 0.6) is 0 Å². The first-order valence-electron chi connectivity index (χ1n) is 8.14. The maximum atomic E-state index is 12.6. The Morgan fingerprint density at radius 3 is 2.83 bits per heavy atom. The average Bonchev–Trinajstić information content (AvgIpc) is 3.23. The molecule has 0 unspecified atom stereocenters. The van der Waals surface area contributed by atoms with Gasteiger partial charge in [-0.1, -0.05) is 32.1 Å². The lowest BCUT2D eigenvalue weighted by Gasteiger charge is -2.16. The van der Waals surface area contributed by atoms with Crippen molar-refractivity contribution in [2.45, 2.75) is 38.6 Å². The number of nitrogens with one attached hydrogen (secondary N) is 2. The summed E-state index contributed by atoms with van der Waals surface area (Å²) in [5, 5.41) is 20.8. The fourth-order valence-corrected chi connectivity index (χ4v) is 3.70. The molecule has 24 heavy (non-hydrogen) atoms.